The summed E-state index contributed by atoms with van der Waals surface area (Å²) in [6.45, 7) is 0.763. The number of ether oxygens (including phenoxy) is 1. The predicted octanol–water partition coefficient (Wildman–Crippen LogP) is 4.27. The van der Waals surface area contributed by atoms with Gasteiger partial charge in [0.1, 0.15) is 5.75 Å². The van der Waals surface area contributed by atoms with Gasteiger partial charge in [-0.25, -0.2) is 9.37 Å². The average Bonchev–Trinajstić information content (AvgIpc) is 2.77. The van der Waals surface area contributed by atoms with Crippen molar-refractivity contribution in [2.45, 2.75) is 30.3 Å². The standard InChI is InChI=1S/C21H20F7N3O3S/c1-12(20(23,24)25)34-17-4-3-14(35(2)33)10-15(17)19(32)31-7-5-30(6-8-31)18-16(22)9-13(11-29-18)21(26,27)28/h3-4,9-12H,5-8H2,1-2H3/t12-,35?/m0/s1. The van der Waals surface area contributed by atoms with Crippen LogP contribution < -0.4 is 9.64 Å². The number of piperazine rings is 1. The molecular formula is C21H20F7N3O3S. The van der Waals surface area contributed by atoms with E-state index in [-0.39, 0.29) is 48.2 Å². The van der Waals surface area contributed by atoms with E-state index >= 15 is 0 Å². The first-order valence-corrected chi connectivity index (χ1v) is 11.7. The van der Waals surface area contributed by atoms with Crippen LogP contribution in [0, 0.1) is 5.82 Å². The Labute approximate surface area is 198 Å². The van der Waals surface area contributed by atoms with Gasteiger partial charge in [0.15, 0.2) is 17.7 Å². The summed E-state index contributed by atoms with van der Waals surface area (Å²) in [5.74, 6) is -2.51. The quantitative estimate of drug-likeness (QED) is 0.544. The third-order valence-electron chi connectivity index (χ3n) is 5.29. The normalized spacial score (nSPS) is 16.7. The Morgan fingerprint density at radius 3 is 2.23 bits per heavy atom. The number of carbonyl (C=O) groups is 1. The number of hydrogen-bond donors (Lipinski definition) is 0. The van der Waals surface area contributed by atoms with Crippen LogP contribution >= 0.6 is 0 Å². The van der Waals surface area contributed by atoms with Crippen molar-refractivity contribution in [1.29, 1.82) is 0 Å². The zero-order chi connectivity index (χ0) is 26.1. The smallest absolute Gasteiger partial charge is 0.425 e. The van der Waals surface area contributed by atoms with E-state index in [0.29, 0.717) is 12.3 Å². The Kier molecular flexibility index (Phi) is 7.62. The molecule has 0 N–H and O–H groups in total. The molecule has 0 spiro atoms. The van der Waals surface area contributed by atoms with Gasteiger partial charge < -0.3 is 14.5 Å². The van der Waals surface area contributed by atoms with Gasteiger partial charge in [0, 0.05) is 54.3 Å². The zero-order valence-corrected chi connectivity index (χ0v) is 19.2. The summed E-state index contributed by atoms with van der Waals surface area (Å²) in [7, 11) is -1.53. The molecule has 2 heterocycles. The first-order chi connectivity index (χ1) is 16.2. The maximum absolute atomic E-state index is 14.3. The summed E-state index contributed by atoms with van der Waals surface area (Å²) in [4.78, 5) is 19.5. The highest BCUT2D eigenvalue weighted by molar-refractivity contribution is 7.84. The van der Waals surface area contributed by atoms with E-state index in [1.807, 2.05) is 0 Å². The molecule has 0 bridgehead atoms. The number of pyridine rings is 1. The third-order valence-corrected chi connectivity index (χ3v) is 6.21. The van der Waals surface area contributed by atoms with Crippen LogP contribution in [0.4, 0.5) is 36.6 Å². The van der Waals surface area contributed by atoms with Crippen molar-refractivity contribution in [3.05, 3.63) is 47.4 Å². The Bertz CT molecular complexity index is 1120. The molecule has 1 amide bonds. The van der Waals surface area contributed by atoms with Gasteiger partial charge in [0.25, 0.3) is 5.91 Å². The van der Waals surface area contributed by atoms with Crippen molar-refractivity contribution >= 4 is 22.5 Å². The van der Waals surface area contributed by atoms with Gasteiger partial charge in [-0.15, -0.1) is 0 Å². The van der Waals surface area contributed by atoms with Crippen LogP contribution in [0.2, 0.25) is 0 Å². The Hall–Kier alpha value is -2.90. The molecule has 0 radical (unpaired) electrons. The SMILES string of the molecule is C[C@H](Oc1ccc(S(C)=O)cc1C(=O)N1CCN(c2ncc(C(F)(F)F)cc2F)CC1)C(F)(F)F. The Morgan fingerprint density at radius 2 is 1.71 bits per heavy atom. The molecule has 1 unspecified atom stereocenters. The maximum atomic E-state index is 14.3. The van der Waals surface area contributed by atoms with E-state index in [0.717, 1.165) is 13.0 Å². The first kappa shape index (κ1) is 26.7. The van der Waals surface area contributed by atoms with Gasteiger partial charge in [0.2, 0.25) is 0 Å². The van der Waals surface area contributed by atoms with Crippen molar-refractivity contribution in [1.82, 2.24) is 9.88 Å². The number of amides is 1. The second-order valence-electron chi connectivity index (χ2n) is 7.72. The Morgan fingerprint density at radius 1 is 1.09 bits per heavy atom. The predicted molar refractivity (Wildman–Crippen MR) is 112 cm³/mol. The second-order valence-corrected chi connectivity index (χ2v) is 9.10. The molecule has 2 atom stereocenters. The summed E-state index contributed by atoms with van der Waals surface area (Å²) in [5.41, 5.74) is -1.46. The second kappa shape index (κ2) is 9.99. The molecule has 3 rings (SSSR count). The zero-order valence-electron chi connectivity index (χ0n) is 18.4. The van der Waals surface area contributed by atoms with Crippen LogP contribution in [0.5, 0.6) is 5.75 Å². The maximum Gasteiger partial charge on any atom is 0.425 e. The number of halogens is 7. The number of nitrogens with zero attached hydrogens (tertiary/aromatic N) is 3. The molecule has 0 saturated carbocycles. The van der Waals surface area contributed by atoms with Gasteiger partial charge in [-0.3, -0.25) is 9.00 Å². The van der Waals surface area contributed by atoms with Crippen LogP contribution in [0.3, 0.4) is 0 Å². The van der Waals surface area contributed by atoms with Gasteiger partial charge >= 0.3 is 12.4 Å². The van der Waals surface area contributed by atoms with Crippen molar-refractivity contribution in [2.75, 3.05) is 37.3 Å². The van der Waals surface area contributed by atoms with Crippen molar-refractivity contribution in [3.63, 3.8) is 0 Å². The molecule has 1 aromatic heterocycles. The first-order valence-electron chi connectivity index (χ1n) is 10.2. The van der Waals surface area contributed by atoms with E-state index in [1.54, 1.807) is 0 Å². The average molecular weight is 527 g/mol. The molecule has 35 heavy (non-hydrogen) atoms. The van der Waals surface area contributed by atoms with Crippen molar-refractivity contribution in [3.8, 4) is 5.75 Å². The lowest BCUT2D eigenvalue weighted by Gasteiger charge is -2.36. The third kappa shape index (κ3) is 6.21. The number of aromatic nitrogens is 1. The topological polar surface area (TPSA) is 62.7 Å². The summed E-state index contributed by atoms with van der Waals surface area (Å²) < 4.78 is 108. The van der Waals surface area contributed by atoms with Gasteiger partial charge in [-0.05, 0) is 31.2 Å². The highest BCUT2D eigenvalue weighted by atomic mass is 32.2. The molecule has 14 heteroatoms. The van der Waals surface area contributed by atoms with E-state index in [9.17, 15) is 39.7 Å². The van der Waals surface area contributed by atoms with Gasteiger partial charge in [-0.1, -0.05) is 0 Å². The lowest BCUT2D eigenvalue weighted by molar-refractivity contribution is -0.189. The van der Waals surface area contributed by atoms with Crippen LogP contribution in [0.15, 0.2) is 35.4 Å². The van der Waals surface area contributed by atoms with E-state index in [1.165, 1.54) is 28.2 Å². The molecule has 1 aromatic carbocycles. The highest BCUT2D eigenvalue weighted by Gasteiger charge is 2.39. The minimum absolute atomic E-state index is 0.00949. The number of anilines is 1. The van der Waals surface area contributed by atoms with Gasteiger partial charge in [0.05, 0.1) is 11.1 Å². The number of rotatable bonds is 5. The highest BCUT2D eigenvalue weighted by Crippen LogP contribution is 2.32. The minimum atomic E-state index is -4.75. The monoisotopic (exact) mass is 527 g/mol. The van der Waals surface area contributed by atoms with E-state index < -0.39 is 46.5 Å². The fourth-order valence-corrected chi connectivity index (χ4v) is 3.87. The number of benzene rings is 1. The van der Waals surface area contributed by atoms with Gasteiger partial charge in [-0.2, -0.15) is 26.3 Å². The van der Waals surface area contributed by atoms with E-state index in [4.69, 9.17) is 4.74 Å². The summed E-state index contributed by atoms with van der Waals surface area (Å²) in [6.07, 6.45) is -9.79. The number of carbonyl (C=O) groups excluding carboxylic acids is 1. The van der Waals surface area contributed by atoms with Crippen molar-refractivity contribution < 1.29 is 44.5 Å². The lowest BCUT2D eigenvalue weighted by atomic mass is 10.1. The minimum Gasteiger partial charge on any atom is -0.480 e. The van der Waals surface area contributed by atoms with E-state index in [2.05, 4.69) is 4.98 Å². The van der Waals surface area contributed by atoms with Crippen LogP contribution in [0.1, 0.15) is 22.8 Å². The van der Waals surface area contributed by atoms with Crippen LogP contribution in [0.25, 0.3) is 0 Å². The molecule has 0 aliphatic carbocycles. The molecule has 1 fully saturated rings. The summed E-state index contributed by atoms with van der Waals surface area (Å²) >= 11 is 0. The fourth-order valence-electron chi connectivity index (χ4n) is 3.33. The molecule has 6 nitrogen and oxygen atoms in total. The molecule has 1 aliphatic heterocycles. The van der Waals surface area contributed by atoms with Crippen LogP contribution in [-0.4, -0.2) is 64.7 Å². The molecule has 192 valence electrons. The largest absolute Gasteiger partial charge is 0.480 e. The Balaban J connectivity index is 1.79. The lowest BCUT2D eigenvalue weighted by Crippen LogP contribution is -2.49. The number of alkyl halides is 6. The summed E-state index contributed by atoms with van der Waals surface area (Å²) in [5, 5.41) is 0. The summed E-state index contributed by atoms with van der Waals surface area (Å²) in [6, 6.07) is 3.97. The molecule has 1 saturated heterocycles. The molecule has 1 aliphatic rings. The van der Waals surface area contributed by atoms with Crippen molar-refractivity contribution in [2.24, 2.45) is 0 Å². The number of hydrogen-bond acceptors (Lipinski definition) is 5. The fraction of sp³-hybridized carbons (Fsp3) is 0.429. The molecular weight excluding hydrogens is 507 g/mol. The molecule has 2 aromatic rings. The van der Waals surface area contributed by atoms with Crippen LogP contribution in [-0.2, 0) is 17.0 Å².